The zero-order chi connectivity index (χ0) is 15.0. The van der Waals surface area contributed by atoms with Crippen LogP contribution in [-0.2, 0) is 4.79 Å². The second-order valence-electron chi connectivity index (χ2n) is 5.94. The molecule has 1 aromatic rings. The first-order valence-corrected chi connectivity index (χ1v) is 7.14. The Morgan fingerprint density at radius 2 is 2.05 bits per heavy atom. The predicted molar refractivity (Wildman–Crippen MR) is 68.0 cm³/mol. The van der Waals surface area contributed by atoms with Crippen molar-refractivity contribution < 1.29 is 18.0 Å². The van der Waals surface area contributed by atoms with Gasteiger partial charge in [0.05, 0.1) is 0 Å². The van der Waals surface area contributed by atoms with Gasteiger partial charge in [0.2, 0.25) is 17.7 Å². The molecule has 3 rings (SSSR count). The lowest BCUT2D eigenvalue weighted by Crippen LogP contribution is -2.42. The SMILES string of the molecule is O=C(CC1CC(F)(F)C1)N1CCC(c2n[nH]c(=O)o2)CC1. The first-order chi connectivity index (χ1) is 9.93. The molecule has 0 bridgehead atoms. The lowest BCUT2D eigenvalue weighted by atomic mass is 9.79. The minimum Gasteiger partial charge on any atom is -0.392 e. The van der Waals surface area contributed by atoms with E-state index in [-0.39, 0.29) is 37.0 Å². The number of rotatable bonds is 3. The lowest BCUT2D eigenvalue weighted by Gasteiger charge is -2.37. The molecule has 1 saturated heterocycles. The van der Waals surface area contributed by atoms with E-state index in [1.54, 1.807) is 4.90 Å². The number of carbonyl (C=O) groups is 1. The monoisotopic (exact) mass is 301 g/mol. The molecule has 0 unspecified atom stereocenters. The van der Waals surface area contributed by atoms with Gasteiger partial charge in [0.25, 0.3) is 0 Å². The smallest absolute Gasteiger partial charge is 0.392 e. The van der Waals surface area contributed by atoms with Crippen LogP contribution in [0.5, 0.6) is 0 Å². The van der Waals surface area contributed by atoms with E-state index in [4.69, 9.17) is 4.42 Å². The molecule has 0 atom stereocenters. The number of carbonyl (C=O) groups excluding carboxylic acids is 1. The van der Waals surface area contributed by atoms with Gasteiger partial charge in [-0.25, -0.2) is 18.7 Å². The molecular formula is C13H17F2N3O3. The maximum atomic E-state index is 12.8. The van der Waals surface area contributed by atoms with Gasteiger partial charge in [-0.1, -0.05) is 0 Å². The van der Waals surface area contributed by atoms with Crippen molar-refractivity contribution in [2.75, 3.05) is 13.1 Å². The first kappa shape index (κ1) is 14.2. The summed E-state index contributed by atoms with van der Waals surface area (Å²) in [5.74, 6) is -2.98. The topological polar surface area (TPSA) is 79.2 Å². The Bertz CT molecular complexity index is 567. The van der Waals surface area contributed by atoms with E-state index < -0.39 is 11.7 Å². The van der Waals surface area contributed by atoms with Gasteiger partial charge in [-0.15, -0.1) is 5.10 Å². The summed E-state index contributed by atoms with van der Waals surface area (Å²) in [4.78, 5) is 24.7. The largest absolute Gasteiger partial charge is 0.434 e. The Labute approximate surface area is 119 Å². The molecule has 1 aliphatic heterocycles. The molecule has 0 spiro atoms. The number of hydrogen-bond donors (Lipinski definition) is 1. The van der Waals surface area contributed by atoms with Gasteiger partial charge in [0.15, 0.2) is 0 Å². The van der Waals surface area contributed by atoms with Gasteiger partial charge in [0.1, 0.15) is 0 Å². The molecule has 116 valence electrons. The fraction of sp³-hybridized carbons (Fsp3) is 0.769. The number of H-pyrrole nitrogens is 1. The van der Waals surface area contributed by atoms with Crippen LogP contribution in [0.3, 0.4) is 0 Å². The van der Waals surface area contributed by atoms with Crippen LogP contribution in [0, 0.1) is 5.92 Å². The number of halogens is 2. The summed E-state index contributed by atoms with van der Waals surface area (Å²) in [5, 5.41) is 6.03. The molecule has 6 nitrogen and oxygen atoms in total. The normalized spacial score (nSPS) is 23.0. The van der Waals surface area contributed by atoms with Crippen LogP contribution in [0.2, 0.25) is 0 Å². The number of hydrogen-bond acceptors (Lipinski definition) is 4. The summed E-state index contributed by atoms with van der Waals surface area (Å²) >= 11 is 0. The molecule has 2 fully saturated rings. The van der Waals surface area contributed by atoms with E-state index in [1.165, 1.54) is 0 Å². The number of alkyl halides is 2. The zero-order valence-corrected chi connectivity index (χ0v) is 11.5. The quantitative estimate of drug-likeness (QED) is 0.917. The standard InChI is InChI=1S/C13H17F2N3O3/c14-13(15)6-8(7-13)5-10(19)18-3-1-9(2-4-18)11-16-17-12(20)21-11/h8-9H,1-7H2,(H,17,20). The number of amides is 1. The van der Waals surface area contributed by atoms with Crippen LogP contribution in [0.25, 0.3) is 0 Å². The molecule has 1 saturated carbocycles. The first-order valence-electron chi connectivity index (χ1n) is 7.14. The Kier molecular flexibility index (Phi) is 3.54. The molecule has 21 heavy (non-hydrogen) atoms. The van der Waals surface area contributed by atoms with E-state index in [9.17, 15) is 18.4 Å². The summed E-state index contributed by atoms with van der Waals surface area (Å²) < 4.78 is 30.4. The van der Waals surface area contributed by atoms with Crippen molar-refractivity contribution in [3.05, 3.63) is 16.4 Å². The average molecular weight is 301 g/mol. The molecule has 0 radical (unpaired) electrons. The van der Waals surface area contributed by atoms with Crippen molar-refractivity contribution in [2.45, 2.75) is 43.9 Å². The molecule has 1 N–H and O–H groups in total. The fourth-order valence-electron chi connectivity index (χ4n) is 3.10. The molecule has 0 aromatic carbocycles. The second-order valence-corrected chi connectivity index (χ2v) is 5.94. The van der Waals surface area contributed by atoms with Crippen LogP contribution >= 0.6 is 0 Å². The summed E-state index contributed by atoms with van der Waals surface area (Å²) in [6.45, 7) is 1.09. The number of aromatic nitrogens is 2. The van der Waals surface area contributed by atoms with Crippen molar-refractivity contribution in [1.29, 1.82) is 0 Å². The minimum absolute atomic E-state index is 0.0287. The van der Waals surface area contributed by atoms with E-state index in [0.29, 0.717) is 31.8 Å². The summed E-state index contributed by atoms with van der Waals surface area (Å²) in [6, 6.07) is 0. The van der Waals surface area contributed by atoms with Crippen LogP contribution in [0.4, 0.5) is 8.78 Å². The van der Waals surface area contributed by atoms with Gasteiger partial charge in [-0.2, -0.15) is 0 Å². The average Bonchev–Trinajstić information content (AvgIpc) is 2.83. The van der Waals surface area contributed by atoms with Crippen LogP contribution < -0.4 is 5.76 Å². The van der Waals surface area contributed by atoms with Crippen molar-refractivity contribution in [1.82, 2.24) is 15.1 Å². The van der Waals surface area contributed by atoms with Gasteiger partial charge in [-0.3, -0.25) is 4.79 Å². The molecule has 1 aromatic heterocycles. The van der Waals surface area contributed by atoms with E-state index in [1.807, 2.05) is 0 Å². The molecule has 1 amide bonds. The number of nitrogens with zero attached hydrogens (tertiary/aromatic N) is 2. The zero-order valence-electron chi connectivity index (χ0n) is 11.5. The van der Waals surface area contributed by atoms with E-state index in [2.05, 4.69) is 10.2 Å². The molecule has 8 heteroatoms. The summed E-state index contributed by atoms with van der Waals surface area (Å²) in [7, 11) is 0. The molecule has 2 aliphatic rings. The van der Waals surface area contributed by atoms with Gasteiger partial charge >= 0.3 is 5.76 Å². The molecular weight excluding hydrogens is 284 g/mol. The van der Waals surface area contributed by atoms with Crippen molar-refractivity contribution >= 4 is 5.91 Å². The Morgan fingerprint density at radius 1 is 1.38 bits per heavy atom. The van der Waals surface area contributed by atoms with Crippen molar-refractivity contribution in [3.8, 4) is 0 Å². The third-order valence-corrected chi connectivity index (χ3v) is 4.29. The Balaban J connectivity index is 1.47. The number of likely N-dealkylation sites (tertiary alicyclic amines) is 1. The number of piperidine rings is 1. The van der Waals surface area contributed by atoms with Gasteiger partial charge < -0.3 is 9.32 Å². The van der Waals surface area contributed by atoms with Crippen LogP contribution in [0.15, 0.2) is 9.21 Å². The maximum Gasteiger partial charge on any atom is 0.434 e. The maximum absolute atomic E-state index is 12.8. The third kappa shape index (κ3) is 3.14. The molecule has 1 aliphatic carbocycles. The second kappa shape index (κ2) is 5.23. The van der Waals surface area contributed by atoms with E-state index in [0.717, 1.165) is 0 Å². The van der Waals surface area contributed by atoms with Crippen molar-refractivity contribution in [2.24, 2.45) is 5.92 Å². The molecule has 2 heterocycles. The Hall–Kier alpha value is -1.73. The highest BCUT2D eigenvalue weighted by Crippen LogP contribution is 2.44. The Morgan fingerprint density at radius 3 is 2.57 bits per heavy atom. The lowest BCUT2D eigenvalue weighted by molar-refractivity contribution is -0.142. The van der Waals surface area contributed by atoms with Crippen LogP contribution in [-0.4, -0.2) is 40.0 Å². The minimum atomic E-state index is -2.57. The van der Waals surface area contributed by atoms with Crippen LogP contribution in [0.1, 0.15) is 43.9 Å². The number of aromatic amines is 1. The predicted octanol–water partition coefficient (Wildman–Crippen LogP) is 1.50. The highest BCUT2D eigenvalue weighted by molar-refractivity contribution is 5.76. The highest BCUT2D eigenvalue weighted by atomic mass is 19.3. The van der Waals surface area contributed by atoms with Gasteiger partial charge in [-0.05, 0) is 18.8 Å². The van der Waals surface area contributed by atoms with Crippen molar-refractivity contribution in [3.63, 3.8) is 0 Å². The van der Waals surface area contributed by atoms with E-state index >= 15 is 0 Å². The third-order valence-electron chi connectivity index (χ3n) is 4.29. The highest BCUT2D eigenvalue weighted by Gasteiger charge is 2.46. The summed E-state index contributed by atoms with van der Waals surface area (Å²) in [6.07, 6.45) is 1.19. The number of nitrogens with one attached hydrogen (secondary N) is 1. The fourth-order valence-corrected chi connectivity index (χ4v) is 3.10. The van der Waals surface area contributed by atoms with Gasteiger partial charge in [0, 0.05) is 38.3 Å². The summed E-state index contributed by atoms with van der Waals surface area (Å²) in [5.41, 5.74) is 0.